The molecule has 0 aromatic rings. The van der Waals surface area contributed by atoms with Gasteiger partial charge in [0.1, 0.15) is 13.2 Å². The molecule has 0 amide bonds. The molecule has 0 saturated heterocycles. The van der Waals surface area contributed by atoms with Gasteiger partial charge in [0.25, 0.3) is 0 Å². The van der Waals surface area contributed by atoms with E-state index in [9.17, 15) is 14.4 Å². The van der Waals surface area contributed by atoms with Gasteiger partial charge < -0.3 is 14.2 Å². The van der Waals surface area contributed by atoms with E-state index in [4.69, 9.17) is 14.2 Å². The number of allylic oxidation sites excluding steroid dienone is 18. The topological polar surface area (TPSA) is 78.9 Å². The van der Waals surface area contributed by atoms with Crippen molar-refractivity contribution >= 4 is 17.9 Å². The molecule has 67 heavy (non-hydrogen) atoms. The van der Waals surface area contributed by atoms with Crippen molar-refractivity contribution in [3.8, 4) is 0 Å². The monoisotopic (exact) mass is 929 g/mol. The van der Waals surface area contributed by atoms with Crippen molar-refractivity contribution in [3.05, 3.63) is 109 Å². The predicted octanol–water partition coefficient (Wildman–Crippen LogP) is 18.3. The van der Waals surface area contributed by atoms with Crippen LogP contribution in [-0.4, -0.2) is 37.2 Å². The molecule has 0 aliphatic carbocycles. The van der Waals surface area contributed by atoms with Crippen molar-refractivity contribution in [1.82, 2.24) is 0 Å². The van der Waals surface area contributed by atoms with Crippen LogP contribution in [0.4, 0.5) is 0 Å². The van der Waals surface area contributed by atoms with E-state index < -0.39 is 6.10 Å². The van der Waals surface area contributed by atoms with Crippen LogP contribution in [0.15, 0.2) is 109 Å². The zero-order chi connectivity index (χ0) is 48.6. The summed E-state index contributed by atoms with van der Waals surface area (Å²) in [7, 11) is 0. The number of ether oxygens (including phenoxy) is 3. The van der Waals surface area contributed by atoms with E-state index in [2.05, 4.69) is 81.5 Å². The smallest absolute Gasteiger partial charge is 0.306 e. The average molecular weight is 929 g/mol. The molecule has 0 aliphatic heterocycles. The van der Waals surface area contributed by atoms with Crippen LogP contribution < -0.4 is 0 Å². The van der Waals surface area contributed by atoms with Crippen molar-refractivity contribution in [2.24, 2.45) is 0 Å². The lowest BCUT2D eigenvalue weighted by Gasteiger charge is -2.18. The van der Waals surface area contributed by atoms with Crippen molar-refractivity contribution < 1.29 is 28.6 Å². The lowest BCUT2D eigenvalue weighted by molar-refractivity contribution is -0.167. The molecule has 0 bridgehead atoms. The van der Waals surface area contributed by atoms with Crippen molar-refractivity contribution in [2.45, 2.75) is 245 Å². The van der Waals surface area contributed by atoms with Gasteiger partial charge in [-0.15, -0.1) is 0 Å². The Balaban J connectivity index is 4.52. The fourth-order valence-corrected chi connectivity index (χ4v) is 7.28. The minimum absolute atomic E-state index is 0.108. The van der Waals surface area contributed by atoms with Gasteiger partial charge in [-0.2, -0.15) is 0 Å². The second-order valence-electron chi connectivity index (χ2n) is 17.9. The first-order chi connectivity index (χ1) is 33.0. The van der Waals surface area contributed by atoms with Crippen LogP contribution in [0.25, 0.3) is 0 Å². The third-order valence-corrected chi connectivity index (χ3v) is 11.4. The predicted molar refractivity (Wildman–Crippen MR) is 288 cm³/mol. The van der Waals surface area contributed by atoms with Gasteiger partial charge in [-0.3, -0.25) is 14.4 Å². The summed E-state index contributed by atoms with van der Waals surface area (Å²) in [5.74, 6) is -0.978. The molecule has 0 N–H and O–H groups in total. The Morgan fingerprint density at radius 3 is 0.970 bits per heavy atom. The maximum absolute atomic E-state index is 12.8. The minimum Gasteiger partial charge on any atom is -0.462 e. The molecule has 0 aliphatic rings. The highest BCUT2D eigenvalue weighted by Crippen LogP contribution is 2.14. The van der Waals surface area contributed by atoms with Gasteiger partial charge in [0, 0.05) is 19.3 Å². The van der Waals surface area contributed by atoms with Gasteiger partial charge in [0.05, 0.1) is 0 Å². The normalized spacial score (nSPS) is 12.9. The Hall–Kier alpha value is -3.93. The fourth-order valence-electron chi connectivity index (χ4n) is 7.28. The highest BCUT2D eigenvalue weighted by molar-refractivity contribution is 5.71. The summed E-state index contributed by atoms with van der Waals surface area (Å²) in [4.78, 5) is 38.1. The fraction of sp³-hybridized carbons (Fsp3) is 0.656. The van der Waals surface area contributed by atoms with Gasteiger partial charge in [0.2, 0.25) is 0 Å². The number of carbonyl (C=O) groups excluding carboxylic acids is 3. The Morgan fingerprint density at radius 1 is 0.313 bits per heavy atom. The summed E-state index contributed by atoms with van der Waals surface area (Å²) < 4.78 is 16.8. The first kappa shape index (κ1) is 63.1. The molecule has 0 spiro atoms. The van der Waals surface area contributed by atoms with Gasteiger partial charge in [0.15, 0.2) is 6.10 Å². The van der Waals surface area contributed by atoms with E-state index >= 15 is 0 Å². The molecule has 1 atom stereocenters. The molecule has 0 fully saturated rings. The Bertz CT molecular complexity index is 1390. The number of hydrogen-bond acceptors (Lipinski definition) is 6. The third kappa shape index (κ3) is 52.9. The molecule has 0 heterocycles. The number of hydrogen-bond donors (Lipinski definition) is 0. The lowest BCUT2D eigenvalue weighted by atomic mass is 10.1. The van der Waals surface area contributed by atoms with Gasteiger partial charge in [-0.25, -0.2) is 0 Å². The third-order valence-electron chi connectivity index (χ3n) is 11.4. The second-order valence-corrected chi connectivity index (χ2v) is 17.9. The summed E-state index contributed by atoms with van der Waals surface area (Å²) in [5, 5.41) is 0. The molecule has 0 saturated carbocycles. The van der Waals surface area contributed by atoms with E-state index in [1.54, 1.807) is 0 Å². The van der Waals surface area contributed by atoms with Gasteiger partial charge in [-0.05, 0) is 89.9 Å². The van der Waals surface area contributed by atoms with Crippen LogP contribution in [0.2, 0.25) is 0 Å². The number of carbonyl (C=O) groups is 3. The number of esters is 3. The maximum atomic E-state index is 12.8. The molecule has 380 valence electrons. The van der Waals surface area contributed by atoms with Crippen molar-refractivity contribution in [2.75, 3.05) is 13.2 Å². The van der Waals surface area contributed by atoms with Crippen LogP contribution in [0, 0.1) is 0 Å². The van der Waals surface area contributed by atoms with Crippen molar-refractivity contribution in [3.63, 3.8) is 0 Å². The zero-order valence-corrected chi connectivity index (χ0v) is 43.4. The zero-order valence-electron chi connectivity index (χ0n) is 43.4. The summed E-state index contributed by atoms with van der Waals surface area (Å²) in [6.45, 7) is 6.41. The molecule has 0 radical (unpaired) electrons. The SMILES string of the molecule is CC\C=C/C=C\C=C/C=C\C=C/CCCCCC(=O)OCC(COC(=O)CCCCCCC\C=C/C=C\C=C/CCCCCCC)OC(=O)CCCCCCC/C=C\CCCCCCCCC. The lowest BCUT2D eigenvalue weighted by Crippen LogP contribution is -2.30. The Labute approximate surface area is 412 Å². The Morgan fingerprint density at radius 2 is 0.597 bits per heavy atom. The Kier molecular flexibility index (Phi) is 51.5. The van der Waals surface area contributed by atoms with Gasteiger partial charge in [-0.1, -0.05) is 239 Å². The average Bonchev–Trinajstić information content (AvgIpc) is 3.33. The molecule has 6 nitrogen and oxygen atoms in total. The maximum Gasteiger partial charge on any atom is 0.306 e. The van der Waals surface area contributed by atoms with Crippen molar-refractivity contribution in [1.29, 1.82) is 0 Å². The highest BCUT2D eigenvalue weighted by Gasteiger charge is 2.19. The van der Waals surface area contributed by atoms with Crippen LogP contribution in [0.1, 0.15) is 239 Å². The summed E-state index contributed by atoms with van der Waals surface area (Å²) in [6, 6.07) is 0. The largest absolute Gasteiger partial charge is 0.462 e. The first-order valence-corrected chi connectivity index (χ1v) is 27.5. The van der Waals surface area contributed by atoms with Crippen LogP contribution in [0.3, 0.4) is 0 Å². The van der Waals surface area contributed by atoms with E-state index in [0.29, 0.717) is 19.3 Å². The molecule has 1 unspecified atom stereocenters. The van der Waals surface area contributed by atoms with Crippen LogP contribution >= 0.6 is 0 Å². The summed E-state index contributed by atoms with van der Waals surface area (Å²) in [6.07, 6.45) is 73.5. The molecule has 0 aromatic carbocycles. The number of rotatable bonds is 48. The standard InChI is InChI=1S/C61H100O6/c1-4-7-10-13-16-19-22-25-28-30-31-34-36-39-42-45-48-51-54-60(63)66-57-58(56-65-59(62)53-50-47-44-41-38-35-32-27-24-21-18-15-12-9-6-3)67-61(64)55-52-49-46-43-40-37-33-29-26-23-20-17-14-11-8-5-2/h9,12,15,18,21-22,24-25,27-35,38,58H,4-8,10-11,13-14,16-17,19-20,23,26,36-37,39-57H2,1-3H3/b12-9-,18-15-,24-21-,25-22-,30-28-,32-27-,33-29-,34-31-,38-35-. The quantitative estimate of drug-likeness (QED) is 0.0199. The number of unbranched alkanes of at least 4 members (excludes halogenated alkanes) is 25. The van der Waals surface area contributed by atoms with E-state index in [-0.39, 0.29) is 31.1 Å². The summed E-state index contributed by atoms with van der Waals surface area (Å²) in [5.41, 5.74) is 0. The van der Waals surface area contributed by atoms with E-state index in [0.717, 1.165) is 109 Å². The summed E-state index contributed by atoms with van der Waals surface area (Å²) >= 11 is 0. The van der Waals surface area contributed by atoms with Gasteiger partial charge >= 0.3 is 17.9 Å². The first-order valence-electron chi connectivity index (χ1n) is 27.5. The molecule has 6 heteroatoms. The molecular formula is C61H100O6. The molecular weight excluding hydrogens is 829 g/mol. The van der Waals surface area contributed by atoms with Crippen LogP contribution in [-0.2, 0) is 28.6 Å². The minimum atomic E-state index is -0.811. The molecule has 0 rings (SSSR count). The van der Waals surface area contributed by atoms with Crippen LogP contribution in [0.5, 0.6) is 0 Å². The van der Waals surface area contributed by atoms with E-state index in [1.807, 2.05) is 48.6 Å². The second kappa shape index (κ2) is 54.7. The molecule has 0 aromatic heterocycles. The highest BCUT2D eigenvalue weighted by atomic mass is 16.6. The van der Waals surface area contributed by atoms with E-state index in [1.165, 1.54) is 89.9 Å².